The van der Waals surface area contributed by atoms with Gasteiger partial charge in [0.25, 0.3) is 0 Å². The Balaban J connectivity index is 1.33. The molecule has 1 fully saturated rings. The van der Waals surface area contributed by atoms with Crippen LogP contribution in [0.15, 0.2) is 30.9 Å². The van der Waals surface area contributed by atoms with E-state index in [0.29, 0.717) is 35.9 Å². The number of nitrogens with zero attached hydrogens (tertiary/aromatic N) is 5. The van der Waals surface area contributed by atoms with E-state index in [-0.39, 0.29) is 12.1 Å². The van der Waals surface area contributed by atoms with Gasteiger partial charge in [0.1, 0.15) is 23.3 Å². The van der Waals surface area contributed by atoms with E-state index in [0.717, 1.165) is 43.0 Å². The maximum absolute atomic E-state index is 6.22. The molecule has 0 bridgehead atoms. The molecule has 1 atom stereocenters. The standard InChI is InChI=1S/C23H30ClN7O3/c1-15(12-32-3)34-23-28-20(24)9-21(29-23)31-6-4-16(5-7-31)13-33-19-8-17(10-26-22(19)25)18-11-30(2)14-27-18/h8-11,14-16H,4-7,12-13H2,1-3H3,(H2,25,26)/p+1/t15-/m1/s1. The molecule has 3 aromatic rings. The van der Waals surface area contributed by atoms with Crippen molar-refractivity contribution in [1.29, 1.82) is 0 Å². The average molecular weight is 489 g/mol. The van der Waals surface area contributed by atoms with Gasteiger partial charge in [-0.2, -0.15) is 9.97 Å². The van der Waals surface area contributed by atoms with Crippen LogP contribution in [0.3, 0.4) is 0 Å². The lowest BCUT2D eigenvalue weighted by molar-refractivity contribution is -0.669. The number of aromatic amines is 1. The number of hydrogen-bond donors (Lipinski definition) is 2. The summed E-state index contributed by atoms with van der Waals surface area (Å²) in [5, 5.41) is 0.355. The van der Waals surface area contributed by atoms with Crippen LogP contribution in [-0.2, 0) is 11.8 Å². The van der Waals surface area contributed by atoms with Gasteiger partial charge in [-0.15, -0.1) is 0 Å². The van der Waals surface area contributed by atoms with Crippen molar-refractivity contribution in [3.8, 4) is 23.0 Å². The molecule has 4 heterocycles. The Bertz CT molecular complexity index is 1100. The number of pyridine rings is 1. The fraction of sp³-hybridized carbons (Fsp3) is 0.478. The second-order valence-corrected chi connectivity index (χ2v) is 8.93. The number of imidazole rings is 1. The van der Waals surface area contributed by atoms with Gasteiger partial charge in [0, 0.05) is 38.0 Å². The summed E-state index contributed by atoms with van der Waals surface area (Å²) in [4.78, 5) is 18.4. The zero-order chi connectivity index (χ0) is 24.1. The first-order valence-electron chi connectivity index (χ1n) is 11.3. The molecule has 3 aromatic heterocycles. The minimum atomic E-state index is -0.167. The monoisotopic (exact) mass is 488 g/mol. The third-order valence-corrected chi connectivity index (χ3v) is 5.92. The quantitative estimate of drug-likeness (QED) is 0.349. The molecule has 1 aliphatic heterocycles. The molecule has 10 nitrogen and oxygen atoms in total. The number of aryl methyl sites for hydroxylation is 1. The number of hydrogen-bond acceptors (Lipinski definition) is 8. The van der Waals surface area contributed by atoms with Crippen LogP contribution in [0.1, 0.15) is 19.8 Å². The Labute approximate surface area is 204 Å². The predicted molar refractivity (Wildman–Crippen MR) is 129 cm³/mol. The van der Waals surface area contributed by atoms with E-state index < -0.39 is 0 Å². The summed E-state index contributed by atoms with van der Waals surface area (Å²) >= 11 is 6.22. The number of piperidine rings is 1. The van der Waals surface area contributed by atoms with Gasteiger partial charge in [0.05, 0.1) is 20.3 Å². The normalized spacial score (nSPS) is 15.4. The van der Waals surface area contributed by atoms with Crippen molar-refractivity contribution >= 4 is 23.2 Å². The molecular formula is C23H31ClN7O3+. The van der Waals surface area contributed by atoms with Crippen LogP contribution in [0.2, 0.25) is 5.15 Å². The maximum Gasteiger partial charge on any atom is 0.320 e. The highest BCUT2D eigenvalue weighted by Crippen LogP contribution is 2.29. The highest BCUT2D eigenvalue weighted by atomic mass is 35.5. The molecule has 0 radical (unpaired) electrons. The average Bonchev–Trinajstić information content (AvgIpc) is 3.25. The number of aromatic nitrogens is 5. The fourth-order valence-corrected chi connectivity index (χ4v) is 4.08. The molecule has 0 unspecified atom stereocenters. The topological polar surface area (TPSA) is 115 Å². The lowest BCUT2D eigenvalue weighted by Gasteiger charge is -2.32. The Hall–Kier alpha value is -3.11. The summed E-state index contributed by atoms with van der Waals surface area (Å²) in [5.41, 5.74) is 7.95. The lowest BCUT2D eigenvalue weighted by atomic mass is 9.98. The number of ether oxygens (including phenoxy) is 3. The van der Waals surface area contributed by atoms with E-state index >= 15 is 0 Å². The molecule has 0 amide bonds. The van der Waals surface area contributed by atoms with Crippen molar-refractivity contribution in [2.45, 2.75) is 25.9 Å². The van der Waals surface area contributed by atoms with Crippen LogP contribution in [0, 0.1) is 5.92 Å². The largest absolute Gasteiger partial charge is 0.489 e. The molecule has 4 rings (SSSR count). The minimum absolute atomic E-state index is 0.167. The SMILES string of the molecule is COC[C@@H](C)Oc1nc(Cl)cc(N2CCC(COc3cc(-c4c[n+](C)c[nH]4)cnc3N)CC2)n1. The molecule has 11 heteroatoms. The second kappa shape index (κ2) is 10.9. The fourth-order valence-electron chi connectivity index (χ4n) is 3.91. The van der Waals surface area contributed by atoms with E-state index in [4.69, 9.17) is 31.5 Å². The zero-order valence-corrected chi connectivity index (χ0v) is 20.5. The summed E-state index contributed by atoms with van der Waals surface area (Å²) in [6, 6.07) is 3.96. The van der Waals surface area contributed by atoms with Crippen molar-refractivity contribution in [2.24, 2.45) is 13.0 Å². The number of methoxy groups -OCH3 is 1. The molecule has 0 aliphatic carbocycles. The van der Waals surface area contributed by atoms with Crippen LogP contribution in [-0.4, -0.2) is 59.5 Å². The lowest BCUT2D eigenvalue weighted by Crippen LogP contribution is -2.36. The summed E-state index contributed by atoms with van der Waals surface area (Å²) in [5.74, 6) is 2.16. The number of halogens is 1. The number of nitrogens with two attached hydrogens (primary N) is 1. The Kier molecular flexibility index (Phi) is 7.69. The van der Waals surface area contributed by atoms with Gasteiger partial charge in [-0.05, 0) is 31.7 Å². The highest BCUT2D eigenvalue weighted by Gasteiger charge is 2.23. The van der Waals surface area contributed by atoms with Crippen molar-refractivity contribution in [2.75, 3.05) is 44.0 Å². The first-order valence-corrected chi connectivity index (χ1v) is 11.7. The number of anilines is 2. The first-order chi connectivity index (χ1) is 16.4. The van der Waals surface area contributed by atoms with E-state index in [1.165, 1.54) is 0 Å². The van der Waals surface area contributed by atoms with Crippen LogP contribution in [0.5, 0.6) is 11.8 Å². The van der Waals surface area contributed by atoms with E-state index in [1.807, 2.05) is 37.1 Å². The predicted octanol–water partition coefficient (Wildman–Crippen LogP) is 2.64. The van der Waals surface area contributed by atoms with Crippen LogP contribution < -0.4 is 24.7 Å². The molecule has 182 valence electrons. The van der Waals surface area contributed by atoms with Gasteiger partial charge in [0.2, 0.25) is 6.33 Å². The van der Waals surface area contributed by atoms with Crippen LogP contribution >= 0.6 is 11.6 Å². The Morgan fingerprint density at radius 3 is 2.79 bits per heavy atom. The van der Waals surface area contributed by atoms with E-state index in [2.05, 4.69) is 24.8 Å². The van der Waals surface area contributed by atoms with Crippen molar-refractivity contribution in [3.05, 3.63) is 36.0 Å². The first kappa shape index (κ1) is 24.0. The summed E-state index contributed by atoms with van der Waals surface area (Å²) in [7, 11) is 3.58. The van der Waals surface area contributed by atoms with Gasteiger partial charge < -0.3 is 24.8 Å². The van der Waals surface area contributed by atoms with Crippen molar-refractivity contribution < 1.29 is 18.8 Å². The minimum Gasteiger partial charge on any atom is -0.489 e. The Morgan fingerprint density at radius 1 is 1.29 bits per heavy atom. The third-order valence-electron chi connectivity index (χ3n) is 5.73. The van der Waals surface area contributed by atoms with Gasteiger partial charge in [-0.3, -0.25) is 0 Å². The van der Waals surface area contributed by atoms with Crippen LogP contribution in [0.25, 0.3) is 11.3 Å². The highest BCUT2D eigenvalue weighted by molar-refractivity contribution is 6.29. The molecule has 1 aliphatic rings. The number of H-pyrrole nitrogens is 1. The van der Waals surface area contributed by atoms with Gasteiger partial charge >= 0.3 is 6.01 Å². The molecular weight excluding hydrogens is 458 g/mol. The molecule has 34 heavy (non-hydrogen) atoms. The third kappa shape index (κ3) is 6.06. The maximum atomic E-state index is 6.22. The summed E-state index contributed by atoms with van der Waals surface area (Å²) in [6.45, 7) is 4.59. The number of nitrogens with one attached hydrogen (secondary N) is 1. The zero-order valence-electron chi connectivity index (χ0n) is 19.7. The van der Waals surface area contributed by atoms with Gasteiger partial charge in [-0.1, -0.05) is 11.6 Å². The van der Waals surface area contributed by atoms with Crippen LogP contribution in [0.4, 0.5) is 11.6 Å². The van der Waals surface area contributed by atoms with E-state index in [9.17, 15) is 0 Å². The summed E-state index contributed by atoms with van der Waals surface area (Å²) < 4.78 is 18.9. The molecule has 3 N–H and O–H groups in total. The second-order valence-electron chi connectivity index (χ2n) is 8.55. The molecule has 1 saturated heterocycles. The van der Waals surface area contributed by atoms with Gasteiger partial charge in [-0.25, -0.2) is 14.5 Å². The van der Waals surface area contributed by atoms with Crippen molar-refractivity contribution in [1.82, 2.24) is 19.9 Å². The summed E-state index contributed by atoms with van der Waals surface area (Å²) in [6.07, 6.45) is 7.35. The van der Waals surface area contributed by atoms with Crippen molar-refractivity contribution in [3.63, 3.8) is 0 Å². The molecule has 0 spiro atoms. The van der Waals surface area contributed by atoms with Gasteiger partial charge in [0.15, 0.2) is 17.3 Å². The smallest absolute Gasteiger partial charge is 0.320 e. The number of rotatable bonds is 9. The molecule has 0 saturated carbocycles. The number of nitrogen functional groups attached to an aromatic ring is 1. The van der Waals surface area contributed by atoms with E-state index in [1.54, 1.807) is 19.4 Å². The molecule has 0 aromatic carbocycles. The Morgan fingerprint density at radius 2 is 2.09 bits per heavy atom.